The molecule has 0 aliphatic heterocycles. The number of benzene rings is 1. The minimum absolute atomic E-state index is 0.103. The maximum atomic E-state index is 13.7. The van der Waals surface area contributed by atoms with Crippen LogP contribution >= 0.6 is 11.6 Å². The molecule has 0 spiro atoms. The van der Waals surface area contributed by atoms with E-state index in [1.165, 1.54) is 0 Å². The highest BCUT2D eigenvalue weighted by atomic mass is 35.5. The molecule has 0 aliphatic carbocycles. The van der Waals surface area contributed by atoms with Crippen molar-refractivity contribution in [1.82, 2.24) is 0 Å². The van der Waals surface area contributed by atoms with Gasteiger partial charge in [-0.2, -0.15) is 0 Å². The van der Waals surface area contributed by atoms with Gasteiger partial charge < -0.3 is 0 Å². The van der Waals surface area contributed by atoms with Gasteiger partial charge in [-0.15, -0.1) is 0 Å². The van der Waals surface area contributed by atoms with Crippen molar-refractivity contribution in [3.8, 4) is 0 Å². The third-order valence-corrected chi connectivity index (χ3v) is 4.23. The SMILES string of the molecule is CCCS(=O)(=O)Cc1ccc(F)c(C(=O)Cl)c1F. The summed E-state index contributed by atoms with van der Waals surface area (Å²) in [6.07, 6.45) is 0.395. The summed E-state index contributed by atoms with van der Waals surface area (Å²) >= 11 is 5.05. The summed E-state index contributed by atoms with van der Waals surface area (Å²) in [5.74, 6) is -3.00. The average Bonchev–Trinajstić information content (AvgIpc) is 2.21. The van der Waals surface area contributed by atoms with Crippen LogP contribution in [0.2, 0.25) is 0 Å². The molecule has 0 unspecified atom stereocenters. The van der Waals surface area contributed by atoms with Crippen LogP contribution in [0.4, 0.5) is 8.78 Å². The number of carbonyl (C=O) groups excluding carboxylic acids is 1. The summed E-state index contributed by atoms with van der Waals surface area (Å²) in [5, 5.41) is -1.29. The van der Waals surface area contributed by atoms with Crippen molar-refractivity contribution < 1.29 is 22.0 Å². The molecule has 0 radical (unpaired) electrons. The second-order valence-electron chi connectivity index (χ2n) is 3.76. The van der Waals surface area contributed by atoms with E-state index < -0.39 is 38.0 Å². The minimum Gasteiger partial charge on any atom is -0.275 e. The molecule has 7 heteroatoms. The van der Waals surface area contributed by atoms with E-state index in [0.717, 1.165) is 12.1 Å². The first-order valence-electron chi connectivity index (χ1n) is 5.15. The lowest BCUT2D eigenvalue weighted by Crippen LogP contribution is -2.12. The van der Waals surface area contributed by atoms with Gasteiger partial charge in [-0.1, -0.05) is 13.0 Å². The molecule has 0 aromatic heterocycles. The second-order valence-corrected chi connectivity index (χ2v) is 6.29. The fourth-order valence-corrected chi connectivity index (χ4v) is 3.14. The van der Waals surface area contributed by atoms with Crippen LogP contribution in [0.25, 0.3) is 0 Å². The van der Waals surface area contributed by atoms with Crippen LogP contribution in [0.15, 0.2) is 12.1 Å². The van der Waals surface area contributed by atoms with Crippen LogP contribution in [0, 0.1) is 11.6 Å². The van der Waals surface area contributed by atoms with Crippen LogP contribution in [0.3, 0.4) is 0 Å². The maximum Gasteiger partial charge on any atom is 0.258 e. The summed E-state index contributed by atoms with van der Waals surface area (Å²) in [6.45, 7) is 1.67. The first kappa shape index (κ1) is 15.0. The summed E-state index contributed by atoms with van der Waals surface area (Å²) < 4.78 is 50.0. The summed E-state index contributed by atoms with van der Waals surface area (Å²) in [5.41, 5.74) is -1.17. The Morgan fingerprint density at radius 2 is 1.94 bits per heavy atom. The monoisotopic (exact) mass is 296 g/mol. The molecular formula is C11H11ClF2O3S. The van der Waals surface area contributed by atoms with Gasteiger partial charge in [0.15, 0.2) is 9.84 Å². The van der Waals surface area contributed by atoms with Gasteiger partial charge in [0.2, 0.25) is 0 Å². The van der Waals surface area contributed by atoms with E-state index in [0.29, 0.717) is 6.42 Å². The average molecular weight is 297 g/mol. The van der Waals surface area contributed by atoms with Crippen LogP contribution in [0.1, 0.15) is 29.3 Å². The summed E-state index contributed by atoms with van der Waals surface area (Å²) in [7, 11) is -3.48. The molecule has 18 heavy (non-hydrogen) atoms. The summed E-state index contributed by atoms with van der Waals surface area (Å²) in [4.78, 5) is 10.9. The number of rotatable bonds is 5. The third-order valence-electron chi connectivity index (χ3n) is 2.26. The minimum atomic E-state index is -3.48. The van der Waals surface area contributed by atoms with Gasteiger partial charge in [-0.3, -0.25) is 4.79 Å². The Hall–Kier alpha value is -1.01. The molecule has 1 aromatic carbocycles. The molecule has 0 aliphatic rings. The molecule has 0 saturated heterocycles. The second kappa shape index (κ2) is 5.75. The van der Waals surface area contributed by atoms with Crippen molar-refractivity contribution in [3.05, 3.63) is 34.9 Å². The van der Waals surface area contributed by atoms with Gasteiger partial charge in [0.25, 0.3) is 5.24 Å². The van der Waals surface area contributed by atoms with Gasteiger partial charge in [0.1, 0.15) is 17.2 Å². The molecule has 100 valence electrons. The zero-order chi connectivity index (χ0) is 13.9. The predicted octanol–water partition coefficient (Wildman–Crippen LogP) is 2.67. The Morgan fingerprint density at radius 3 is 2.44 bits per heavy atom. The molecule has 0 amide bonds. The zero-order valence-electron chi connectivity index (χ0n) is 9.54. The van der Waals surface area contributed by atoms with E-state index in [-0.39, 0.29) is 11.3 Å². The Labute approximate surface area is 109 Å². The highest BCUT2D eigenvalue weighted by Gasteiger charge is 2.21. The van der Waals surface area contributed by atoms with Crippen LogP contribution in [-0.4, -0.2) is 19.4 Å². The van der Waals surface area contributed by atoms with E-state index in [1.807, 2.05) is 0 Å². The first-order chi connectivity index (χ1) is 8.28. The molecular weight excluding hydrogens is 286 g/mol. The standard InChI is InChI=1S/C11H11ClF2O3S/c1-2-5-18(16,17)6-7-3-4-8(13)9(10(7)14)11(12)15/h3-4H,2,5-6H2,1H3. The van der Waals surface area contributed by atoms with Crippen molar-refractivity contribution >= 4 is 26.7 Å². The number of halogens is 3. The van der Waals surface area contributed by atoms with Gasteiger partial charge in [0, 0.05) is 5.56 Å². The normalized spacial score (nSPS) is 11.6. The highest BCUT2D eigenvalue weighted by molar-refractivity contribution is 7.90. The molecule has 3 nitrogen and oxygen atoms in total. The fraction of sp³-hybridized carbons (Fsp3) is 0.364. The molecule has 1 aromatic rings. The topological polar surface area (TPSA) is 51.2 Å². The van der Waals surface area contributed by atoms with Gasteiger partial charge in [-0.05, 0) is 24.1 Å². The fourth-order valence-electron chi connectivity index (χ4n) is 1.51. The lowest BCUT2D eigenvalue weighted by atomic mass is 10.1. The number of sulfone groups is 1. The Bertz CT molecular complexity index is 570. The number of hydrogen-bond donors (Lipinski definition) is 0. The highest BCUT2D eigenvalue weighted by Crippen LogP contribution is 2.21. The lowest BCUT2D eigenvalue weighted by molar-refractivity contribution is 0.107. The quantitative estimate of drug-likeness (QED) is 0.785. The van der Waals surface area contributed by atoms with E-state index in [2.05, 4.69) is 0 Å². The number of carbonyl (C=O) groups is 1. The molecule has 0 atom stereocenters. The molecule has 1 rings (SSSR count). The van der Waals surface area contributed by atoms with Crippen molar-refractivity contribution in [2.75, 3.05) is 5.75 Å². The van der Waals surface area contributed by atoms with Crippen molar-refractivity contribution in [2.45, 2.75) is 19.1 Å². The first-order valence-corrected chi connectivity index (χ1v) is 7.35. The Kier molecular flexibility index (Phi) is 4.81. The number of hydrogen-bond acceptors (Lipinski definition) is 3. The van der Waals surface area contributed by atoms with E-state index in [4.69, 9.17) is 11.6 Å². The lowest BCUT2D eigenvalue weighted by Gasteiger charge is -2.07. The molecule has 0 heterocycles. The van der Waals surface area contributed by atoms with Crippen LogP contribution < -0.4 is 0 Å². The predicted molar refractivity (Wildman–Crippen MR) is 64.3 cm³/mol. The van der Waals surface area contributed by atoms with Gasteiger partial charge >= 0.3 is 0 Å². The Balaban J connectivity index is 3.21. The zero-order valence-corrected chi connectivity index (χ0v) is 11.1. The molecule has 0 bridgehead atoms. The van der Waals surface area contributed by atoms with E-state index in [1.54, 1.807) is 6.92 Å². The van der Waals surface area contributed by atoms with Crippen molar-refractivity contribution in [2.24, 2.45) is 0 Å². The van der Waals surface area contributed by atoms with Crippen molar-refractivity contribution in [1.29, 1.82) is 0 Å². The largest absolute Gasteiger partial charge is 0.275 e. The summed E-state index contributed by atoms with van der Waals surface area (Å²) in [6, 6.07) is 1.83. The third kappa shape index (κ3) is 3.49. The van der Waals surface area contributed by atoms with E-state index >= 15 is 0 Å². The van der Waals surface area contributed by atoms with E-state index in [9.17, 15) is 22.0 Å². The Morgan fingerprint density at radius 1 is 1.33 bits per heavy atom. The van der Waals surface area contributed by atoms with Gasteiger partial charge in [-0.25, -0.2) is 17.2 Å². The molecule has 0 N–H and O–H groups in total. The van der Waals surface area contributed by atoms with Crippen LogP contribution in [-0.2, 0) is 15.6 Å². The smallest absolute Gasteiger partial charge is 0.258 e. The van der Waals surface area contributed by atoms with Crippen molar-refractivity contribution in [3.63, 3.8) is 0 Å². The van der Waals surface area contributed by atoms with Crippen LogP contribution in [0.5, 0.6) is 0 Å². The maximum absolute atomic E-state index is 13.7. The molecule has 0 saturated carbocycles. The molecule has 0 fully saturated rings. The van der Waals surface area contributed by atoms with Gasteiger partial charge in [0.05, 0.1) is 11.5 Å².